The number of rotatable bonds is 3. The quantitative estimate of drug-likeness (QED) is 0.627. The van der Waals surface area contributed by atoms with Crippen LogP contribution in [0.25, 0.3) is 0 Å². The van der Waals surface area contributed by atoms with E-state index < -0.39 is 35.9 Å². The van der Waals surface area contributed by atoms with Crippen molar-refractivity contribution in [1.29, 1.82) is 0 Å². The first-order valence-electron chi connectivity index (χ1n) is 7.14. The van der Waals surface area contributed by atoms with E-state index in [2.05, 4.69) is 5.10 Å². The van der Waals surface area contributed by atoms with Crippen LogP contribution >= 0.6 is 0 Å². The highest BCUT2D eigenvalue weighted by Gasteiger charge is 2.53. The molecule has 4 nitrogen and oxygen atoms in total. The third kappa shape index (κ3) is 3.60. The number of halogens is 4. The summed E-state index contributed by atoms with van der Waals surface area (Å²) in [5, 5.41) is 3.38. The predicted octanol–water partition coefficient (Wildman–Crippen LogP) is 3.47. The highest BCUT2D eigenvalue weighted by Crippen LogP contribution is 2.39. The van der Waals surface area contributed by atoms with Crippen molar-refractivity contribution in [2.75, 3.05) is 0 Å². The second kappa shape index (κ2) is 5.63. The first-order valence-corrected chi connectivity index (χ1v) is 7.14. The van der Waals surface area contributed by atoms with E-state index in [1.54, 1.807) is 27.7 Å². The summed E-state index contributed by atoms with van der Waals surface area (Å²) in [5.74, 6) is 0. The van der Waals surface area contributed by atoms with Crippen LogP contribution in [0.4, 0.5) is 17.6 Å². The monoisotopic (exact) mass is 334 g/mol. The maximum atomic E-state index is 14.2. The second-order valence-electron chi connectivity index (χ2n) is 6.56. The van der Waals surface area contributed by atoms with Gasteiger partial charge in [0.15, 0.2) is 5.69 Å². The summed E-state index contributed by atoms with van der Waals surface area (Å²) < 4.78 is 64.8. The lowest BCUT2D eigenvalue weighted by Crippen LogP contribution is -2.41. The fourth-order valence-corrected chi connectivity index (χ4v) is 2.18. The Balaban J connectivity index is 2.16. The molecule has 0 aliphatic carbocycles. The molecular weight excluding hydrogens is 315 g/mol. The van der Waals surface area contributed by atoms with Gasteiger partial charge in [-0.05, 0) is 34.1 Å². The number of alkyl halides is 3. The van der Waals surface area contributed by atoms with E-state index in [4.69, 9.17) is 9.31 Å². The maximum Gasteiger partial charge on any atom is 0.524 e. The van der Waals surface area contributed by atoms with Crippen molar-refractivity contribution < 1.29 is 26.9 Å². The van der Waals surface area contributed by atoms with Crippen LogP contribution in [-0.2, 0) is 29.0 Å². The molecule has 1 aromatic heterocycles. The van der Waals surface area contributed by atoms with Gasteiger partial charge >= 0.3 is 13.3 Å². The smallest absolute Gasteiger partial charge is 0.398 e. The van der Waals surface area contributed by atoms with Crippen molar-refractivity contribution in [3.05, 3.63) is 29.3 Å². The lowest BCUT2D eigenvalue weighted by Gasteiger charge is -2.32. The van der Waals surface area contributed by atoms with Gasteiger partial charge in [-0.1, -0.05) is 6.08 Å². The molecule has 0 bridgehead atoms. The summed E-state index contributed by atoms with van der Waals surface area (Å²) in [7, 11) is 0.165. The molecule has 0 amide bonds. The van der Waals surface area contributed by atoms with E-state index in [0.29, 0.717) is 0 Å². The lowest BCUT2D eigenvalue weighted by atomic mass is 9.87. The first-order chi connectivity index (χ1) is 10.3. The van der Waals surface area contributed by atoms with E-state index in [1.165, 1.54) is 13.2 Å². The van der Waals surface area contributed by atoms with Gasteiger partial charge in [0.05, 0.1) is 11.2 Å². The molecule has 0 unspecified atom stereocenters. The van der Waals surface area contributed by atoms with Crippen LogP contribution in [0.5, 0.6) is 0 Å². The van der Waals surface area contributed by atoms with Crippen molar-refractivity contribution in [2.45, 2.75) is 51.5 Å². The van der Waals surface area contributed by atoms with Gasteiger partial charge in [0.1, 0.15) is 5.73 Å². The highest BCUT2D eigenvalue weighted by atomic mass is 19.4. The topological polar surface area (TPSA) is 36.3 Å². The van der Waals surface area contributed by atoms with Gasteiger partial charge < -0.3 is 9.31 Å². The third-order valence-corrected chi connectivity index (χ3v) is 4.17. The average Bonchev–Trinajstić information content (AvgIpc) is 2.84. The molecule has 1 aliphatic heterocycles. The SMILES string of the molecule is Cn1cc(CC=C(F)B2OC(C)(C)C(C)(C)O2)c(C(F)(F)F)n1. The number of aryl methyl sites for hydroxylation is 1. The average molecular weight is 334 g/mol. The van der Waals surface area contributed by atoms with Crippen LogP contribution in [0.15, 0.2) is 18.0 Å². The largest absolute Gasteiger partial charge is 0.524 e. The summed E-state index contributed by atoms with van der Waals surface area (Å²) in [4.78, 5) is 0. The summed E-state index contributed by atoms with van der Waals surface area (Å²) >= 11 is 0. The number of nitrogens with zero attached hydrogens (tertiary/aromatic N) is 2. The summed E-state index contributed by atoms with van der Waals surface area (Å²) in [6.07, 6.45) is -2.57. The molecule has 0 atom stereocenters. The Morgan fingerprint density at radius 3 is 2.26 bits per heavy atom. The van der Waals surface area contributed by atoms with Crippen LogP contribution in [0.2, 0.25) is 0 Å². The summed E-state index contributed by atoms with van der Waals surface area (Å²) in [6, 6.07) is 0. The molecule has 128 valence electrons. The fourth-order valence-electron chi connectivity index (χ4n) is 2.18. The Morgan fingerprint density at radius 2 is 1.78 bits per heavy atom. The van der Waals surface area contributed by atoms with Crippen LogP contribution in [0.1, 0.15) is 39.0 Å². The molecule has 2 rings (SSSR count). The molecule has 0 saturated carbocycles. The van der Waals surface area contributed by atoms with Gasteiger partial charge in [0.25, 0.3) is 0 Å². The second-order valence-corrected chi connectivity index (χ2v) is 6.56. The van der Waals surface area contributed by atoms with Gasteiger partial charge in [0, 0.05) is 18.8 Å². The fraction of sp³-hybridized carbons (Fsp3) is 0.643. The van der Waals surface area contributed by atoms with Crippen molar-refractivity contribution in [3.63, 3.8) is 0 Å². The standard InChI is InChI=1S/C14H19BF4N2O2/c1-12(2)13(3,4)23-15(22-12)10(16)7-6-9-8-21(5)20-11(9)14(17,18)19/h7-8H,6H2,1-5H3. The van der Waals surface area contributed by atoms with E-state index in [9.17, 15) is 17.6 Å². The van der Waals surface area contributed by atoms with Gasteiger partial charge in [-0.15, -0.1) is 0 Å². The van der Waals surface area contributed by atoms with Crippen LogP contribution in [0, 0.1) is 0 Å². The molecule has 0 radical (unpaired) electrons. The molecule has 1 aromatic rings. The van der Waals surface area contributed by atoms with E-state index in [0.717, 1.165) is 10.8 Å². The Bertz CT molecular complexity index is 607. The van der Waals surface area contributed by atoms with Gasteiger partial charge in [-0.25, -0.2) is 4.39 Å². The molecule has 1 saturated heterocycles. The maximum absolute atomic E-state index is 14.2. The number of aromatic nitrogens is 2. The zero-order valence-electron chi connectivity index (χ0n) is 13.7. The Labute approximate surface area is 132 Å². The number of allylic oxidation sites excluding steroid dienone is 1. The minimum Gasteiger partial charge on any atom is -0.398 e. The molecular formula is C14H19BF4N2O2. The van der Waals surface area contributed by atoms with Crippen molar-refractivity contribution in [1.82, 2.24) is 9.78 Å². The molecule has 0 aromatic carbocycles. The first kappa shape index (κ1) is 18.0. The zero-order valence-corrected chi connectivity index (χ0v) is 13.7. The van der Waals surface area contributed by atoms with Gasteiger partial charge in [-0.3, -0.25) is 4.68 Å². The van der Waals surface area contributed by atoms with Crippen molar-refractivity contribution in [2.24, 2.45) is 7.05 Å². The van der Waals surface area contributed by atoms with Crippen LogP contribution in [0.3, 0.4) is 0 Å². The minimum atomic E-state index is -4.58. The number of hydrogen-bond donors (Lipinski definition) is 0. The van der Waals surface area contributed by atoms with Crippen molar-refractivity contribution in [3.8, 4) is 0 Å². The Hall–Kier alpha value is -1.35. The molecule has 0 spiro atoms. The molecule has 0 N–H and O–H groups in total. The Morgan fingerprint density at radius 1 is 1.26 bits per heavy atom. The molecule has 1 fully saturated rings. The number of hydrogen-bond acceptors (Lipinski definition) is 3. The molecule has 2 heterocycles. The molecule has 9 heteroatoms. The minimum absolute atomic E-state index is 0.105. The van der Waals surface area contributed by atoms with Crippen molar-refractivity contribution >= 4 is 7.12 Å². The highest BCUT2D eigenvalue weighted by molar-refractivity contribution is 6.53. The third-order valence-electron chi connectivity index (χ3n) is 4.17. The normalized spacial score (nSPS) is 21.1. The van der Waals surface area contributed by atoms with E-state index in [1.807, 2.05) is 0 Å². The molecule has 23 heavy (non-hydrogen) atoms. The summed E-state index contributed by atoms with van der Waals surface area (Å²) in [5.41, 5.74) is -3.30. The van der Waals surface area contributed by atoms with Gasteiger partial charge in [-0.2, -0.15) is 18.3 Å². The lowest BCUT2D eigenvalue weighted by molar-refractivity contribution is -0.142. The van der Waals surface area contributed by atoms with E-state index >= 15 is 0 Å². The molecule has 1 aliphatic rings. The van der Waals surface area contributed by atoms with Crippen LogP contribution in [-0.4, -0.2) is 28.1 Å². The van der Waals surface area contributed by atoms with Gasteiger partial charge in [0.2, 0.25) is 0 Å². The summed E-state index contributed by atoms with van der Waals surface area (Å²) in [6.45, 7) is 7.07. The van der Waals surface area contributed by atoms with E-state index in [-0.39, 0.29) is 12.0 Å². The predicted molar refractivity (Wildman–Crippen MR) is 77.2 cm³/mol. The Kier molecular flexibility index (Phi) is 4.40. The zero-order chi connectivity index (χ0) is 17.6. The van der Waals surface area contributed by atoms with Crippen LogP contribution < -0.4 is 0 Å².